The monoisotopic (exact) mass is 185 g/mol. The fourth-order valence-electron chi connectivity index (χ4n) is 0.740. The third-order valence-corrected chi connectivity index (χ3v) is 1.93. The molecule has 0 aliphatic carbocycles. The summed E-state index contributed by atoms with van der Waals surface area (Å²) in [5.74, 6) is 0. The SMILES string of the molecule is CSc1nnc(C)cc1[N+](=O)[O-]. The molecule has 0 atom stereocenters. The standard InChI is InChI=1S/C6H7N3O2S/c1-4-3-5(9(10)11)6(12-2)8-7-4/h3H,1-2H3. The lowest BCUT2D eigenvalue weighted by molar-refractivity contribution is -0.388. The predicted octanol–water partition coefficient (Wildman–Crippen LogP) is 1.42. The van der Waals surface area contributed by atoms with Crippen molar-refractivity contribution in [3.05, 3.63) is 21.9 Å². The van der Waals surface area contributed by atoms with Crippen LogP contribution in [0.25, 0.3) is 0 Å². The van der Waals surface area contributed by atoms with Crippen molar-refractivity contribution in [2.24, 2.45) is 0 Å². The summed E-state index contributed by atoms with van der Waals surface area (Å²) in [6, 6.07) is 1.42. The van der Waals surface area contributed by atoms with E-state index in [4.69, 9.17) is 0 Å². The van der Waals surface area contributed by atoms with Gasteiger partial charge in [0.15, 0.2) is 5.03 Å². The third kappa shape index (κ3) is 1.70. The molecule has 0 spiro atoms. The van der Waals surface area contributed by atoms with Crippen molar-refractivity contribution in [1.29, 1.82) is 0 Å². The lowest BCUT2D eigenvalue weighted by Crippen LogP contribution is -1.96. The van der Waals surface area contributed by atoms with Crippen molar-refractivity contribution in [2.45, 2.75) is 11.9 Å². The maximum Gasteiger partial charge on any atom is 0.305 e. The van der Waals surface area contributed by atoms with E-state index in [0.29, 0.717) is 10.7 Å². The average molecular weight is 185 g/mol. The van der Waals surface area contributed by atoms with E-state index >= 15 is 0 Å². The number of rotatable bonds is 2. The van der Waals surface area contributed by atoms with E-state index in [-0.39, 0.29) is 5.69 Å². The zero-order valence-corrected chi connectivity index (χ0v) is 7.46. The molecular formula is C6H7N3O2S. The molecule has 0 N–H and O–H groups in total. The molecule has 0 aromatic carbocycles. The summed E-state index contributed by atoms with van der Waals surface area (Å²) in [6.45, 7) is 1.67. The Morgan fingerprint density at radius 1 is 1.58 bits per heavy atom. The van der Waals surface area contributed by atoms with Gasteiger partial charge in [-0.25, -0.2) is 0 Å². The number of aromatic nitrogens is 2. The van der Waals surface area contributed by atoms with Crippen LogP contribution < -0.4 is 0 Å². The number of aryl methyl sites for hydroxylation is 1. The first-order valence-electron chi connectivity index (χ1n) is 3.18. The minimum absolute atomic E-state index is 0.0231. The normalized spacial score (nSPS) is 9.83. The zero-order valence-electron chi connectivity index (χ0n) is 6.64. The largest absolute Gasteiger partial charge is 0.305 e. The van der Waals surface area contributed by atoms with Crippen LogP contribution in [-0.2, 0) is 0 Å². The molecule has 0 radical (unpaired) electrons. The molecule has 1 rings (SSSR count). The van der Waals surface area contributed by atoms with Gasteiger partial charge in [-0.15, -0.1) is 16.9 Å². The van der Waals surface area contributed by atoms with Crippen LogP contribution in [0.3, 0.4) is 0 Å². The van der Waals surface area contributed by atoms with Crippen molar-refractivity contribution in [1.82, 2.24) is 10.2 Å². The van der Waals surface area contributed by atoms with Gasteiger partial charge in [-0.2, -0.15) is 5.10 Å². The van der Waals surface area contributed by atoms with Crippen LogP contribution in [0.2, 0.25) is 0 Å². The lowest BCUT2D eigenvalue weighted by atomic mass is 10.4. The summed E-state index contributed by atoms with van der Waals surface area (Å²) in [5.41, 5.74) is 0.578. The minimum Gasteiger partial charge on any atom is -0.258 e. The highest BCUT2D eigenvalue weighted by Gasteiger charge is 2.14. The van der Waals surface area contributed by atoms with Crippen LogP contribution in [0.4, 0.5) is 5.69 Å². The quantitative estimate of drug-likeness (QED) is 0.396. The maximum absolute atomic E-state index is 10.5. The summed E-state index contributed by atoms with van der Waals surface area (Å²) in [6.07, 6.45) is 1.73. The second-order valence-corrected chi connectivity index (χ2v) is 2.93. The van der Waals surface area contributed by atoms with Crippen LogP contribution >= 0.6 is 11.8 Å². The van der Waals surface area contributed by atoms with Crippen LogP contribution in [-0.4, -0.2) is 21.4 Å². The first-order valence-corrected chi connectivity index (χ1v) is 4.40. The van der Waals surface area contributed by atoms with E-state index in [1.54, 1.807) is 13.2 Å². The number of hydrogen-bond acceptors (Lipinski definition) is 5. The molecule has 6 heteroatoms. The number of nitrogens with zero attached hydrogens (tertiary/aromatic N) is 3. The molecule has 12 heavy (non-hydrogen) atoms. The van der Waals surface area contributed by atoms with E-state index < -0.39 is 4.92 Å². The van der Waals surface area contributed by atoms with Gasteiger partial charge in [0.25, 0.3) is 0 Å². The number of nitro groups is 1. The van der Waals surface area contributed by atoms with Crippen LogP contribution in [0.5, 0.6) is 0 Å². The van der Waals surface area contributed by atoms with Crippen LogP contribution in [0.1, 0.15) is 5.69 Å². The molecule has 64 valence electrons. The van der Waals surface area contributed by atoms with E-state index in [2.05, 4.69) is 10.2 Å². The fraction of sp³-hybridized carbons (Fsp3) is 0.333. The predicted molar refractivity (Wildman–Crippen MR) is 45.2 cm³/mol. The van der Waals surface area contributed by atoms with E-state index in [1.165, 1.54) is 17.8 Å². The summed E-state index contributed by atoms with van der Waals surface area (Å²) in [4.78, 5) is 10.0. The molecular weight excluding hydrogens is 178 g/mol. The van der Waals surface area contributed by atoms with Gasteiger partial charge in [0.1, 0.15) is 0 Å². The first-order chi connectivity index (χ1) is 5.65. The summed E-state index contributed by atoms with van der Waals surface area (Å²) >= 11 is 1.22. The second kappa shape index (κ2) is 3.48. The Kier molecular flexibility index (Phi) is 2.59. The van der Waals surface area contributed by atoms with Gasteiger partial charge in [-0.05, 0) is 13.2 Å². The van der Waals surface area contributed by atoms with Crippen LogP contribution in [0, 0.1) is 17.0 Å². The highest BCUT2D eigenvalue weighted by molar-refractivity contribution is 7.98. The van der Waals surface area contributed by atoms with Gasteiger partial charge in [-0.3, -0.25) is 10.1 Å². The molecule has 0 aliphatic rings. The molecule has 0 fully saturated rings. The molecule has 0 saturated heterocycles. The van der Waals surface area contributed by atoms with Gasteiger partial charge in [0, 0.05) is 6.07 Å². The Hall–Kier alpha value is -1.17. The molecule has 0 saturated carbocycles. The van der Waals surface area contributed by atoms with E-state index in [0.717, 1.165) is 0 Å². The highest BCUT2D eigenvalue weighted by atomic mass is 32.2. The van der Waals surface area contributed by atoms with Gasteiger partial charge in [-0.1, -0.05) is 0 Å². The second-order valence-electron chi connectivity index (χ2n) is 2.14. The van der Waals surface area contributed by atoms with Gasteiger partial charge < -0.3 is 0 Å². The average Bonchev–Trinajstić information content (AvgIpc) is 2.04. The summed E-state index contributed by atoms with van der Waals surface area (Å²) in [7, 11) is 0. The number of hydrogen-bond donors (Lipinski definition) is 0. The van der Waals surface area contributed by atoms with Crippen molar-refractivity contribution >= 4 is 17.4 Å². The Bertz CT molecular complexity index is 316. The molecule has 0 amide bonds. The van der Waals surface area contributed by atoms with Crippen LogP contribution in [0.15, 0.2) is 11.1 Å². The fourth-order valence-corrected chi connectivity index (χ4v) is 1.21. The molecule has 0 aliphatic heterocycles. The first kappa shape index (κ1) is 8.92. The minimum atomic E-state index is -0.451. The maximum atomic E-state index is 10.5. The molecule has 0 bridgehead atoms. The topological polar surface area (TPSA) is 68.9 Å². The molecule has 5 nitrogen and oxygen atoms in total. The van der Waals surface area contributed by atoms with Crippen molar-refractivity contribution in [3.63, 3.8) is 0 Å². The third-order valence-electron chi connectivity index (χ3n) is 1.25. The Labute approximate surface area is 73.3 Å². The van der Waals surface area contributed by atoms with Crippen molar-refractivity contribution in [2.75, 3.05) is 6.26 Å². The van der Waals surface area contributed by atoms with Gasteiger partial charge in [0.05, 0.1) is 10.6 Å². The van der Waals surface area contributed by atoms with Crippen molar-refractivity contribution in [3.8, 4) is 0 Å². The Balaban J connectivity index is 3.21. The Morgan fingerprint density at radius 2 is 2.25 bits per heavy atom. The summed E-state index contributed by atoms with van der Waals surface area (Å²) in [5, 5.41) is 18.2. The van der Waals surface area contributed by atoms with Gasteiger partial charge >= 0.3 is 5.69 Å². The van der Waals surface area contributed by atoms with Gasteiger partial charge in [0.2, 0.25) is 0 Å². The van der Waals surface area contributed by atoms with E-state index in [9.17, 15) is 10.1 Å². The molecule has 1 heterocycles. The molecule has 0 unspecified atom stereocenters. The van der Waals surface area contributed by atoms with Crippen molar-refractivity contribution < 1.29 is 4.92 Å². The summed E-state index contributed by atoms with van der Waals surface area (Å²) < 4.78 is 0. The Morgan fingerprint density at radius 3 is 2.75 bits per heavy atom. The highest BCUT2D eigenvalue weighted by Crippen LogP contribution is 2.23. The molecule has 1 aromatic rings. The molecule has 1 aromatic heterocycles. The smallest absolute Gasteiger partial charge is 0.258 e. The zero-order chi connectivity index (χ0) is 9.14. The number of thioether (sulfide) groups is 1. The lowest BCUT2D eigenvalue weighted by Gasteiger charge is -1.96. The van der Waals surface area contributed by atoms with E-state index in [1.807, 2.05) is 0 Å².